The number of amides is 1. The van der Waals surface area contributed by atoms with E-state index in [2.05, 4.69) is 30.6 Å². The van der Waals surface area contributed by atoms with Crippen molar-refractivity contribution in [2.45, 2.75) is 19.5 Å². The van der Waals surface area contributed by atoms with Crippen molar-refractivity contribution in [3.8, 4) is 0 Å². The Morgan fingerprint density at radius 2 is 1.91 bits per heavy atom. The third-order valence-corrected chi connectivity index (χ3v) is 6.28. The van der Waals surface area contributed by atoms with Crippen LogP contribution in [0.4, 0.5) is 42.1 Å². The van der Waals surface area contributed by atoms with Crippen LogP contribution in [0.5, 0.6) is 0 Å². The summed E-state index contributed by atoms with van der Waals surface area (Å²) in [5, 5.41) is 5.49. The summed E-state index contributed by atoms with van der Waals surface area (Å²) < 4.78 is 67.4. The van der Waals surface area contributed by atoms with Crippen molar-refractivity contribution < 1.29 is 26.4 Å². The van der Waals surface area contributed by atoms with Crippen LogP contribution in [0, 0.1) is 5.82 Å². The number of anilines is 5. The van der Waals surface area contributed by atoms with Gasteiger partial charge in [0, 0.05) is 19.4 Å². The third-order valence-electron chi connectivity index (χ3n) is 5.11. The maximum atomic E-state index is 14.6. The Labute approximate surface area is 198 Å². The second kappa shape index (κ2) is 9.32. The van der Waals surface area contributed by atoms with Crippen LogP contribution in [0.3, 0.4) is 0 Å². The summed E-state index contributed by atoms with van der Waals surface area (Å²) in [6, 6.07) is 5.06. The number of nitrogens with zero attached hydrogens (tertiary/aromatic N) is 6. The molecule has 11 nitrogen and oxygen atoms in total. The monoisotopic (exact) mass is 508 g/mol. The number of rotatable bonds is 8. The smallest absolute Gasteiger partial charge is 0.316 e. The number of sulfonamides is 1. The number of fused-ring (bicyclic) bond motifs is 1. The van der Waals surface area contributed by atoms with Crippen molar-refractivity contribution in [1.29, 1.82) is 0 Å². The fourth-order valence-corrected chi connectivity index (χ4v) is 3.85. The lowest BCUT2D eigenvalue weighted by molar-refractivity contribution is -0.115. The van der Waals surface area contributed by atoms with Crippen molar-refractivity contribution >= 4 is 44.9 Å². The van der Waals surface area contributed by atoms with Crippen molar-refractivity contribution in [3.63, 3.8) is 0 Å². The van der Waals surface area contributed by atoms with Gasteiger partial charge in [0.1, 0.15) is 5.69 Å². The minimum atomic E-state index is -3.77. The van der Waals surface area contributed by atoms with Crippen LogP contribution < -0.4 is 19.8 Å². The summed E-state index contributed by atoms with van der Waals surface area (Å²) in [6.45, 7) is -3.93. The normalized spacial score (nSPS) is 12.9. The van der Waals surface area contributed by atoms with E-state index in [0.29, 0.717) is 16.3 Å². The molecule has 3 aromatic rings. The first-order valence-electron chi connectivity index (χ1n) is 10.0. The van der Waals surface area contributed by atoms with Crippen LogP contribution >= 0.6 is 0 Å². The molecule has 1 aliphatic rings. The van der Waals surface area contributed by atoms with Gasteiger partial charge in [0.2, 0.25) is 21.9 Å². The van der Waals surface area contributed by atoms with Crippen LogP contribution in [0.2, 0.25) is 0 Å². The van der Waals surface area contributed by atoms with Crippen LogP contribution in [0.25, 0.3) is 0 Å². The van der Waals surface area contributed by atoms with Crippen LogP contribution in [-0.2, 0) is 27.8 Å². The van der Waals surface area contributed by atoms with E-state index in [9.17, 15) is 26.4 Å². The van der Waals surface area contributed by atoms with Gasteiger partial charge in [-0.2, -0.15) is 13.8 Å². The lowest BCUT2D eigenvalue weighted by Crippen LogP contribution is -2.33. The Morgan fingerprint density at radius 1 is 1.17 bits per heavy atom. The second-order valence-corrected chi connectivity index (χ2v) is 9.53. The van der Waals surface area contributed by atoms with Crippen LogP contribution in [0.1, 0.15) is 11.3 Å². The number of halogens is 3. The molecule has 0 radical (unpaired) electrons. The van der Waals surface area contributed by atoms with E-state index in [1.807, 2.05) is 0 Å². The highest BCUT2D eigenvalue weighted by molar-refractivity contribution is 7.92. The molecule has 1 amide bonds. The Hall–Kier alpha value is -4.01. The quantitative estimate of drug-likeness (QED) is 0.440. The number of nitrogens with one attached hydrogen (secondary N) is 2. The largest absolute Gasteiger partial charge is 0.324 e. The van der Waals surface area contributed by atoms with Crippen LogP contribution in [0.15, 0.2) is 36.8 Å². The molecule has 0 spiro atoms. The van der Waals surface area contributed by atoms with E-state index in [0.717, 1.165) is 22.3 Å². The molecule has 0 aliphatic carbocycles. The zero-order valence-electron chi connectivity index (χ0n) is 18.4. The van der Waals surface area contributed by atoms with Gasteiger partial charge >= 0.3 is 6.55 Å². The molecule has 184 valence electrons. The molecular formula is C20H19F3N8O3S. The molecule has 2 N–H and O–H groups in total. The Bertz CT molecular complexity index is 1390. The molecule has 1 aromatic carbocycles. The minimum Gasteiger partial charge on any atom is -0.324 e. The molecule has 2 aromatic heterocycles. The maximum absolute atomic E-state index is 14.6. The molecule has 0 atom stereocenters. The van der Waals surface area contributed by atoms with Crippen molar-refractivity contribution in [2.24, 2.45) is 0 Å². The number of carbonyl (C=O) groups excluding carboxylic acids is 1. The Morgan fingerprint density at radius 3 is 2.63 bits per heavy atom. The van der Waals surface area contributed by atoms with E-state index in [1.165, 1.54) is 19.4 Å². The molecule has 35 heavy (non-hydrogen) atoms. The highest BCUT2D eigenvalue weighted by Crippen LogP contribution is 2.33. The van der Waals surface area contributed by atoms with Gasteiger partial charge in [-0.15, -0.1) is 0 Å². The highest BCUT2D eigenvalue weighted by atomic mass is 32.2. The summed E-state index contributed by atoms with van der Waals surface area (Å²) in [4.78, 5) is 27.6. The van der Waals surface area contributed by atoms with Crippen molar-refractivity contribution in [1.82, 2.24) is 19.9 Å². The predicted octanol–water partition coefficient (Wildman–Crippen LogP) is 2.27. The average Bonchev–Trinajstić information content (AvgIpc) is 3.19. The van der Waals surface area contributed by atoms with Crippen molar-refractivity contribution in [2.75, 3.05) is 33.1 Å². The first-order valence-corrected chi connectivity index (χ1v) is 11.9. The topological polar surface area (TPSA) is 133 Å². The van der Waals surface area contributed by atoms with Crippen molar-refractivity contribution in [3.05, 3.63) is 53.9 Å². The molecular weight excluding hydrogens is 489 g/mol. The van der Waals surface area contributed by atoms with Gasteiger partial charge in [0.15, 0.2) is 17.5 Å². The maximum Gasteiger partial charge on any atom is 0.316 e. The van der Waals surface area contributed by atoms with Gasteiger partial charge in [-0.25, -0.2) is 22.8 Å². The minimum absolute atomic E-state index is 0.142. The summed E-state index contributed by atoms with van der Waals surface area (Å²) in [7, 11) is -2.58. The summed E-state index contributed by atoms with van der Waals surface area (Å²) in [6.07, 6.45) is 4.23. The van der Waals surface area contributed by atoms with Gasteiger partial charge in [0.25, 0.3) is 0 Å². The summed E-state index contributed by atoms with van der Waals surface area (Å²) in [5.41, 5.74) is 1.48. The van der Waals surface area contributed by atoms with Gasteiger partial charge in [-0.05, 0) is 11.6 Å². The lowest BCUT2D eigenvalue weighted by atomic mass is 10.1. The molecule has 15 heteroatoms. The zero-order chi connectivity index (χ0) is 25.3. The summed E-state index contributed by atoms with van der Waals surface area (Å²) in [5.74, 6) is -2.48. The number of hydrogen-bond donors (Lipinski definition) is 2. The highest BCUT2D eigenvalue weighted by Gasteiger charge is 2.28. The van der Waals surface area contributed by atoms with E-state index in [-0.39, 0.29) is 29.8 Å². The predicted molar refractivity (Wildman–Crippen MR) is 122 cm³/mol. The first kappa shape index (κ1) is 24.1. The lowest BCUT2D eigenvalue weighted by Gasteiger charge is -2.25. The molecule has 0 saturated carbocycles. The first-order chi connectivity index (χ1) is 16.5. The number of aromatic nitrogens is 4. The number of benzene rings is 1. The summed E-state index contributed by atoms with van der Waals surface area (Å²) >= 11 is 0. The molecule has 0 saturated heterocycles. The molecule has 4 rings (SSSR count). The van der Waals surface area contributed by atoms with Gasteiger partial charge in [-0.3, -0.25) is 19.0 Å². The molecule has 0 bridgehead atoms. The fourth-order valence-electron chi connectivity index (χ4n) is 3.38. The SMILES string of the molecule is CN(c1nccnc1CN(c1nc(Nc2cccc3c2NC(=O)C3)ncc1F)C(F)F)S(C)(=O)=O. The Kier molecular flexibility index (Phi) is 6.43. The van der Waals surface area contributed by atoms with E-state index in [4.69, 9.17) is 0 Å². The van der Waals surface area contributed by atoms with Gasteiger partial charge < -0.3 is 10.6 Å². The molecule has 0 unspecified atom stereocenters. The second-order valence-electron chi connectivity index (χ2n) is 7.52. The fraction of sp³-hybridized carbons (Fsp3) is 0.250. The molecule has 1 aliphatic heterocycles. The number of hydrogen-bond acceptors (Lipinski definition) is 9. The molecule has 3 heterocycles. The van der Waals surface area contributed by atoms with E-state index < -0.39 is 34.8 Å². The van der Waals surface area contributed by atoms with Gasteiger partial charge in [-0.1, -0.05) is 12.1 Å². The average molecular weight is 508 g/mol. The third kappa shape index (κ3) is 5.08. The standard InChI is InChI=1S/C20H19F3N8O3S/c1-30(35(2,33)34)18-14(24-6-7-25-18)10-31(19(22)23)17-12(21)9-26-20(29-17)27-13-5-3-4-11-8-15(32)28-16(11)13/h3-7,9,19H,8,10H2,1-2H3,(H,28,32)(H,26,27,29). The zero-order valence-corrected chi connectivity index (χ0v) is 19.2. The van der Waals surface area contributed by atoms with E-state index in [1.54, 1.807) is 18.2 Å². The van der Waals surface area contributed by atoms with E-state index >= 15 is 0 Å². The molecule has 0 fully saturated rings. The number of carbonyl (C=O) groups is 1. The van der Waals surface area contributed by atoms with Crippen LogP contribution in [-0.4, -0.2) is 54.1 Å². The van der Waals surface area contributed by atoms with Gasteiger partial charge in [0.05, 0.1) is 36.8 Å². The number of alkyl halides is 2. The number of para-hydroxylation sites is 1. The Balaban J connectivity index is 1.67.